The summed E-state index contributed by atoms with van der Waals surface area (Å²) in [5.41, 5.74) is 1.74. The number of hydrogen-bond acceptors (Lipinski definition) is 3. The van der Waals surface area contributed by atoms with E-state index >= 15 is 0 Å². The minimum Gasteiger partial charge on any atom is -0.313 e. The molecule has 1 aromatic rings. The smallest absolute Gasteiger partial charge is 0.237 e. The first-order valence-corrected chi connectivity index (χ1v) is 7.56. The minimum absolute atomic E-state index is 0.602. The molecule has 0 saturated heterocycles. The van der Waals surface area contributed by atoms with Crippen molar-refractivity contribution in [2.24, 2.45) is 0 Å². The molecule has 0 fully saturated rings. The van der Waals surface area contributed by atoms with Crippen LogP contribution in [0.15, 0.2) is 24.3 Å². The highest BCUT2D eigenvalue weighted by Crippen LogP contribution is 2.19. The molecule has 0 bridgehead atoms. The van der Waals surface area contributed by atoms with Crippen LogP contribution >= 0.6 is 0 Å². The Bertz CT molecular complexity index is 473. The molecule has 0 amide bonds. The maximum atomic E-state index is 12.0. The van der Waals surface area contributed by atoms with Gasteiger partial charge in [-0.1, -0.05) is 19.1 Å². The van der Waals surface area contributed by atoms with Crippen molar-refractivity contribution in [3.05, 3.63) is 29.8 Å². The van der Waals surface area contributed by atoms with E-state index in [2.05, 4.69) is 10.0 Å². The summed E-state index contributed by atoms with van der Waals surface area (Å²) < 4.78 is 25.7. The normalized spacial score (nSPS) is 12.4. The highest BCUT2D eigenvalue weighted by Gasteiger charge is 2.28. The molecule has 0 spiro atoms. The van der Waals surface area contributed by atoms with Crippen molar-refractivity contribution in [2.45, 2.75) is 39.0 Å². The molecule has 1 rings (SSSR count). The molecule has 0 radical (unpaired) electrons. The number of hydrogen-bond donors (Lipinski definition) is 2. The van der Waals surface area contributed by atoms with Crippen molar-refractivity contribution in [1.29, 1.82) is 0 Å². The average Bonchev–Trinajstić information content (AvgIpc) is 2.26. The molecule has 0 atom stereocenters. The fourth-order valence-corrected chi connectivity index (χ4v) is 2.02. The minimum atomic E-state index is -3.35. The maximum absolute atomic E-state index is 12.0. The number of sulfonamides is 1. The summed E-state index contributed by atoms with van der Waals surface area (Å²) in [5, 5.41) is 3.22. The van der Waals surface area contributed by atoms with Crippen molar-refractivity contribution >= 4 is 15.7 Å². The van der Waals surface area contributed by atoms with Gasteiger partial charge in [-0.05, 0) is 45.0 Å². The molecule has 18 heavy (non-hydrogen) atoms. The molecule has 0 aliphatic rings. The van der Waals surface area contributed by atoms with Gasteiger partial charge in [-0.15, -0.1) is 0 Å². The Hall–Kier alpha value is -1.07. The SMILES string of the molecule is CCNCc1ccc(NS(=O)(=O)C(C)(C)C)cc1. The van der Waals surface area contributed by atoms with Crippen molar-refractivity contribution in [1.82, 2.24) is 5.32 Å². The fraction of sp³-hybridized carbons (Fsp3) is 0.538. The first-order chi connectivity index (χ1) is 8.26. The molecule has 0 heterocycles. The number of anilines is 1. The summed E-state index contributed by atoms with van der Waals surface area (Å²) in [6.45, 7) is 8.78. The molecular formula is C13H22N2O2S. The van der Waals surface area contributed by atoms with E-state index < -0.39 is 14.8 Å². The van der Waals surface area contributed by atoms with Crippen molar-refractivity contribution in [3.8, 4) is 0 Å². The Morgan fingerprint density at radius 1 is 1.11 bits per heavy atom. The summed E-state index contributed by atoms with van der Waals surface area (Å²) >= 11 is 0. The fourth-order valence-electron chi connectivity index (χ4n) is 1.27. The van der Waals surface area contributed by atoms with Gasteiger partial charge in [-0.3, -0.25) is 4.72 Å². The third-order valence-corrected chi connectivity index (χ3v) is 4.71. The van der Waals surface area contributed by atoms with Gasteiger partial charge in [0.15, 0.2) is 0 Å². The van der Waals surface area contributed by atoms with Crippen LogP contribution in [0.25, 0.3) is 0 Å². The summed E-state index contributed by atoms with van der Waals surface area (Å²) in [6, 6.07) is 7.41. The van der Waals surface area contributed by atoms with Crippen LogP contribution in [-0.2, 0) is 16.6 Å². The van der Waals surface area contributed by atoms with Gasteiger partial charge in [0.1, 0.15) is 0 Å². The third-order valence-electron chi connectivity index (χ3n) is 2.59. The molecule has 0 unspecified atom stereocenters. The largest absolute Gasteiger partial charge is 0.313 e. The number of rotatable bonds is 5. The van der Waals surface area contributed by atoms with Crippen LogP contribution in [0, 0.1) is 0 Å². The van der Waals surface area contributed by atoms with E-state index in [1.807, 2.05) is 19.1 Å². The number of benzene rings is 1. The van der Waals surface area contributed by atoms with E-state index in [4.69, 9.17) is 0 Å². The summed E-state index contributed by atoms with van der Waals surface area (Å²) in [6.07, 6.45) is 0. The predicted molar refractivity (Wildman–Crippen MR) is 76.1 cm³/mol. The Balaban J connectivity index is 2.76. The lowest BCUT2D eigenvalue weighted by Gasteiger charge is -2.20. The van der Waals surface area contributed by atoms with Crippen LogP contribution in [0.1, 0.15) is 33.3 Å². The lowest BCUT2D eigenvalue weighted by molar-refractivity contribution is 0.566. The quantitative estimate of drug-likeness (QED) is 0.863. The molecule has 0 aliphatic heterocycles. The van der Waals surface area contributed by atoms with Gasteiger partial charge in [0.25, 0.3) is 0 Å². The second-order valence-electron chi connectivity index (χ2n) is 5.20. The average molecular weight is 270 g/mol. The molecule has 4 nitrogen and oxygen atoms in total. The van der Waals surface area contributed by atoms with E-state index in [0.29, 0.717) is 5.69 Å². The monoisotopic (exact) mass is 270 g/mol. The molecule has 0 aliphatic carbocycles. The van der Waals surface area contributed by atoms with Crippen LogP contribution in [0.5, 0.6) is 0 Å². The molecule has 1 aromatic carbocycles. The lowest BCUT2D eigenvalue weighted by atomic mass is 10.2. The van der Waals surface area contributed by atoms with Crippen LogP contribution in [0.2, 0.25) is 0 Å². The zero-order valence-corrected chi connectivity index (χ0v) is 12.3. The second kappa shape index (κ2) is 5.71. The standard InChI is InChI=1S/C13H22N2O2S/c1-5-14-10-11-6-8-12(9-7-11)15-18(16,17)13(2,3)4/h6-9,14-15H,5,10H2,1-4H3. The summed E-state index contributed by atoms with van der Waals surface area (Å²) in [5.74, 6) is 0. The predicted octanol–water partition coefficient (Wildman–Crippen LogP) is 2.34. The van der Waals surface area contributed by atoms with Crippen LogP contribution in [-0.4, -0.2) is 19.7 Å². The molecular weight excluding hydrogens is 248 g/mol. The van der Waals surface area contributed by atoms with Gasteiger partial charge in [0, 0.05) is 12.2 Å². The van der Waals surface area contributed by atoms with Crippen molar-refractivity contribution < 1.29 is 8.42 Å². The molecule has 0 aromatic heterocycles. The van der Waals surface area contributed by atoms with Crippen molar-refractivity contribution in [3.63, 3.8) is 0 Å². The topological polar surface area (TPSA) is 58.2 Å². The zero-order chi connectivity index (χ0) is 13.8. The van der Waals surface area contributed by atoms with Gasteiger partial charge in [-0.25, -0.2) is 8.42 Å². The Morgan fingerprint density at radius 3 is 2.11 bits per heavy atom. The summed E-state index contributed by atoms with van der Waals surface area (Å²) in [7, 11) is -3.35. The van der Waals surface area contributed by atoms with Gasteiger partial charge >= 0.3 is 0 Å². The van der Waals surface area contributed by atoms with Gasteiger partial charge in [0.05, 0.1) is 4.75 Å². The zero-order valence-electron chi connectivity index (χ0n) is 11.4. The first-order valence-electron chi connectivity index (χ1n) is 6.08. The lowest BCUT2D eigenvalue weighted by Crippen LogP contribution is -2.33. The van der Waals surface area contributed by atoms with E-state index in [0.717, 1.165) is 18.7 Å². The van der Waals surface area contributed by atoms with E-state index in [-0.39, 0.29) is 0 Å². The highest BCUT2D eigenvalue weighted by molar-refractivity contribution is 7.94. The van der Waals surface area contributed by atoms with Crippen molar-refractivity contribution in [2.75, 3.05) is 11.3 Å². The van der Waals surface area contributed by atoms with E-state index in [1.54, 1.807) is 32.9 Å². The molecule has 5 heteroatoms. The van der Waals surface area contributed by atoms with Gasteiger partial charge < -0.3 is 5.32 Å². The first kappa shape index (κ1) is 15.0. The van der Waals surface area contributed by atoms with Crippen LogP contribution in [0.4, 0.5) is 5.69 Å². The summed E-state index contributed by atoms with van der Waals surface area (Å²) in [4.78, 5) is 0. The Labute approximate surface area is 110 Å². The Morgan fingerprint density at radius 2 is 1.67 bits per heavy atom. The Kier molecular flexibility index (Phi) is 4.76. The third kappa shape index (κ3) is 3.99. The molecule has 102 valence electrons. The van der Waals surface area contributed by atoms with E-state index in [1.165, 1.54) is 0 Å². The maximum Gasteiger partial charge on any atom is 0.237 e. The second-order valence-corrected chi connectivity index (χ2v) is 7.63. The van der Waals surface area contributed by atoms with E-state index in [9.17, 15) is 8.42 Å². The van der Waals surface area contributed by atoms with Crippen LogP contribution < -0.4 is 10.0 Å². The molecule has 2 N–H and O–H groups in total. The number of nitrogens with one attached hydrogen (secondary N) is 2. The van der Waals surface area contributed by atoms with Gasteiger partial charge in [-0.2, -0.15) is 0 Å². The van der Waals surface area contributed by atoms with Gasteiger partial charge in [0.2, 0.25) is 10.0 Å². The molecule has 0 saturated carbocycles. The highest BCUT2D eigenvalue weighted by atomic mass is 32.2. The van der Waals surface area contributed by atoms with Crippen LogP contribution in [0.3, 0.4) is 0 Å².